The Labute approximate surface area is 103 Å². The summed E-state index contributed by atoms with van der Waals surface area (Å²) >= 11 is 0. The van der Waals surface area contributed by atoms with E-state index in [-0.39, 0.29) is 25.4 Å². The Kier molecular flexibility index (Phi) is 3.70. The molecule has 8 nitrogen and oxygen atoms in total. The molecule has 2 aromatic rings. The first-order valence-electron chi connectivity index (χ1n) is 5.51. The molecule has 2 atom stereocenters. The maximum absolute atomic E-state index is 9.76. The van der Waals surface area contributed by atoms with E-state index in [2.05, 4.69) is 15.0 Å². The highest BCUT2D eigenvalue weighted by Crippen LogP contribution is 2.15. The zero-order valence-electron chi connectivity index (χ0n) is 9.64. The van der Waals surface area contributed by atoms with Crippen LogP contribution in [-0.2, 0) is 6.54 Å². The van der Waals surface area contributed by atoms with E-state index in [1.165, 1.54) is 12.7 Å². The second-order valence-corrected chi connectivity index (χ2v) is 3.98. The van der Waals surface area contributed by atoms with E-state index in [1.54, 1.807) is 4.57 Å². The zero-order chi connectivity index (χ0) is 13.1. The standard InChI is InChI=1S/C10H15N5O3/c11-9-8-10(13-4-12-9)15(5-14-8)3-7(18)6(17)1-2-16/h4-7,16-18H,1-3H2,(H2,11,12,13)/t6-,7+/m1/s1. The van der Waals surface area contributed by atoms with E-state index in [4.69, 9.17) is 10.8 Å². The number of nitrogen functional groups attached to an aromatic ring is 1. The molecule has 0 aliphatic carbocycles. The lowest BCUT2D eigenvalue weighted by atomic mass is 10.1. The third-order valence-electron chi connectivity index (χ3n) is 2.68. The van der Waals surface area contributed by atoms with Gasteiger partial charge in [0.1, 0.15) is 11.8 Å². The molecule has 8 heteroatoms. The molecule has 0 aliphatic heterocycles. The number of nitrogens with two attached hydrogens (primary N) is 1. The number of fused-ring (bicyclic) bond motifs is 1. The summed E-state index contributed by atoms with van der Waals surface area (Å²) in [5.74, 6) is 0.268. The Bertz CT molecular complexity index is 529. The van der Waals surface area contributed by atoms with E-state index in [0.717, 1.165) is 0 Å². The lowest BCUT2D eigenvalue weighted by molar-refractivity contribution is -0.00298. The molecule has 0 aliphatic rings. The summed E-state index contributed by atoms with van der Waals surface area (Å²) in [6.45, 7) is -0.0634. The van der Waals surface area contributed by atoms with Gasteiger partial charge in [-0.1, -0.05) is 0 Å². The van der Waals surface area contributed by atoms with Crippen LogP contribution in [0.15, 0.2) is 12.7 Å². The lowest BCUT2D eigenvalue weighted by Crippen LogP contribution is -2.31. The first kappa shape index (κ1) is 12.7. The Hall–Kier alpha value is -1.77. The van der Waals surface area contributed by atoms with Gasteiger partial charge in [-0.25, -0.2) is 15.0 Å². The van der Waals surface area contributed by atoms with Crippen LogP contribution in [-0.4, -0.2) is 53.7 Å². The maximum Gasteiger partial charge on any atom is 0.165 e. The SMILES string of the molecule is Nc1ncnc2c1ncn2C[C@H](O)[C@H](O)CCO. The van der Waals surface area contributed by atoms with Crippen LogP contribution in [0.5, 0.6) is 0 Å². The van der Waals surface area contributed by atoms with Gasteiger partial charge < -0.3 is 25.6 Å². The van der Waals surface area contributed by atoms with Crippen molar-refractivity contribution in [1.82, 2.24) is 19.5 Å². The van der Waals surface area contributed by atoms with Crippen molar-refractivity contribution in [3.8, 4) is 0 Å². The van der Waals surface area contributed by atoms with Crippen LogP contribution in [0.25, 0.3) is 11.2 Å². The summed E-state index contributed by atoms with van der Waals surface area (Å²) < 4.78 is 1.58. The monoisotopic (exact) mass is 253 g/mol. The van der Waals surface area contributed by atoms with Crippen LogP contribution >= 0.6 is 0 Å². The fourth-order valence-corrected chi connectivity index (χ4v) is 1.68. The highest BCUT2D eigenvalue weighted by Gasteiger charge is 2.18. The number of imidazole rings is 1. The lowest BCUT2D eigenvalue weighted by Gasteiger charge is -2.17. The third-order valence-corrected chi connectivity index (χ3v) is 2.68. The van der Waals surface area contributed by atoms with Gasteiger partial charge in [0.15, 0.2) is 11.5 Å². The molecule has 2 heterocycles. The number of aliphatic hydroxyl groups excluding tert-OH is 3. The zero-order valence-corrected chi connectivity index (χ0v) is 9.64. The number of aliphatic hydroxyl groups is 3. The minimum atomic E-state index is -1.01. The van der Waals surface area contributed by atoms with Crippen LogP contribution in [0, 0.1) is 0 Å². The van der Waals surface area contributed by atoms with Gasteiger partial charge in [0.25, 0.3) is 0 Å². The van der Waals surface area contributed by atoms with Gasteiger partial charge in [0.05, 0.1) is 25.1 Å². The topological polar surface area (TPSA) is 130 Å². The van der Waals surface area contributed by atoms with Crippen LogP contribution in [0.1, 0.15) is 6.42 Å². The van der Waals surface area contributed by atoms with Crippen molar-refractivity contribution in [3.63, 3.8) is 0 Å². The highest BCUT2D eigenvalue weighted by atomic mass is 16.3. The molecule has 98 valence electrons. The van der Waals surface area contributed by atoms with Crippen molar-refractivity contribution >= 4 is 17.0 Å². The Morgan fingerprint density at radius 1 is 1.22 bits per heavy atom. The van der Waals surface area contributed by atoms with Gasteiger partial charge in [-0.3, -0.25) is 0 Å². The summed E-state index contributed by atoms with van der Waals surface area (Å²) in [7, 11) is 0. The smallest absolute Gasteiger partial charge is 0.165 e. The minimum Gasteiger partial charge on any atom is -0.396 e. The summed E-state index contributed by atoms with van der Waals surface area (Å²) in [5, 5.41) is 28.0. The van der Waals surface area contributed by atoms with Crippen molar-refractivity contribution in [1.29, 1.82) is 0 Å². The maximum atomic E-state index is 9.76. The average molecular weight is 253 g/mol. The van der Waals surface area contributed by atoms with Crippen LogP contribution in [0.2, 0.25) is 0 Å². The van der Waals surface area contributed by atoms with Gasteiger partial charge in [-0.15, -0.1) is 0 Å². The van der Waals surface area contributed by atoms with Crippen molar-refractivity contribution in [3.05, 3.63) is 12.7 Å². The molecule has 0 saturated heterocycles. The molecular weight excluding hydrogens is 238 g/mol. The van der Waals surface area contributed by atoms with Gasteiger partial charge in [0.2, 0.25) is 0 Å². The second-order valence-electron chi connectivity index (χ2n) is 3.98. The molecule has 2 rings (SSSR count). The van der Waals surface area contributed by atoms with E-state index >= 15 is 0 Å². The number of hydrogen-bond donors (Lipinski definition) is 4. The quantitative estimate of drug-likeness (QED) is 0.510. The van der Waals surface area contributed by atoms with E-state index in [9.17, 15) is 10.2 Å². The van der Waals surface area contributed by atoms with Gasteiger partial charge in [0, 0.05) is 6.61 Å². The Morgan fingerprint density at radius 3 is 2.72 bits per heavy atom. The van der Waals surface area contributed by atoms with Crippen molar-refractivity contribution in [2.75, 3.05) is 12.3 Å². The second kappa shape index (κ2) is 5.25. The Morgan fingerprint density at radius 2 is 2.00 bits per heavy atom. The number of nitrogens with zero attached hydrogens (tertiary/aromatic N) is 4. The van der Waals surface area contributed by atoms with E-state index < -0.39 is 12.2 Å². The summed E-state index contributed by atoms with van der Waals surface area (Å²) in [4.78, 5) is 11.9. The van der Waals surface area contributed by atoms with Crippen molar-refractivity contribution < 1.29 is 15.3 Å². The normalized spacial score (nSPS) is 14.8. The molecule has 0 amide bonds. The molecular formula is C10H15N5O3. The number of aromatic nitrogens is 4. The van der Waals surface area contributed by atoms with Gasteiger partial charge in [-0.05, 0) is 6.42 Å². The average Bonchev–Trinajstić information content (AvgIpc) is 2.74. The van der Waals surface area contributed by atoms with Crippen molar-refractivity contribution in [2.24, 2.45) is 0 Å². The van der Waals surface area contributed by atoms with Crippen LogP contribution in [0.4, 0.5) is 5.82 Å². The molecule has 18 heavy (non-hydrogen) atoms. The highest BCUT2D eigenvalue weighted by molar-refractivity contribution is 5.81. The molecule has 0 fully saturated rings. The molecule has 0 unspecified atom stereocenters. The third kappa shape index (κ3) is 2.40. The van der Waals surface area contributed by atoms with E-state index in [0.29, 0.717) is 11.2 Å². The fourth-order valence-electron chi connectivity index (χ4n) is 1.68. The predicted octanol–water partition coefficient (Wildman–Crippen LogP) is -1.49. The Balaban J connectivity index is 2.19. The molecule has 0 bridgehead atoms. The number of rotatable bonds is 5. The molecule has 0 saturated carbocycles. The summed E-state index contributed by atoms with van der Waals surface area (Å²) in [6.07, 6.45) is 0.902. The number of hydrogen-bond acceptors (Lipinski definition) is 7. The molecule has 2 aromatic heterocycles. The van der Waals surface area contributed by atoms with Gasteiger partial charge in [-0.2, -0.15) is 0 Å². The van der Waals surface area contributed by atoms with Gasteiger partial charge >= 0.3 is 0 Å². The molecule has 0 radical (unpaired) electrons. The first-order valence-corrected chi connectivity index (χ1v) is 5.51. The summed E-state index contributed by atoms with van der Waals surface area (Å²) in [5.41, 5.74) is 6.59. The first-order chi connectivity index (χ1) is 8.63. The number of anilines is 1. The van der Waals surface area contributed by atoms with Crippen molar-refractivity contribution in [2.45, 2.75) is 25.2 Å². The predicted molar refractivity (Wildman–Crippen MR) is 63.5 cm³/mol. The minimum absolute atomic E-state index is 0.116. The molecule has 0 spiro atoms. The van der Waals surface area contributed by atoms with E-state index in [1.807, 2.05) is 0 Å². The molecule has 0 aromatic carbocycles. The largest absolute Gasteiger partial charge is 0.396 e. The van der Waals surface area contributed by atoms with Crippen LogP contribution in [0.3, 0.4) is 0 Å². The molecule has 5 N–H and O–H groups in total. The summed E-state index contributed by atoms with van der Waals surface area (Å²) in [6, 6.07) is 0. The fraction of sp³-hybridized carbons (Fsp3) is 0.500. The van der Waals surface area contributed by atoms with Crippen LogP contribution < -0.4 is 5.73 Å².